The van der Waals surface area contributed by atoms with Gasteiger partial charge in [-0.15, -0.1) is 24.8 Å². The van der Waals surface area contributed by atoms with Crippen molar-refractivity contribution >= 4 is 30.7 Å². The number of benzene rings is 1. The first-order chi connectivity index (χ1) is 11.5. The summed E-state index contributed by atoms with van der Waals surface area (Å²) in [7, 11) is 1.70. The van der Waals surface area contributed by atoms with Gasteiger partial charge < -0.3 is 15.8 Å². The van der Waals surface area contributed by atoms with Crippen LogP contribution in [0, 0.1) is 12.8 Å². The number of nitrogens with zero attached hydrogens (tertiary/aromatic N) is 1. The monoisotopic (exact) mass is 403 g/mol. The van der Waals surface area contributed by atoms with Gasteiger partial charge in [-0.25, -0.2) is 0 Å². The number of halogens is 2. The van der Waals surface area contributed by atoms with Gasteiger partial charge in [0.15, 0.2) is 0 Å². The Bertz CT molecular complexity index is 608. The zero-order valence-electron chi connectivity index (χ0n) is 15.6. The summed E-state index contributed by atoms with van der Waals surface area (Å²) in [4.78, 5) is 14.6. The SMILES string of the molecule is COc1ccc(CN2CCC(CNC(=O)C3(N)CCC3)C2)c(C)c1.Cl.Cl. The van der Waals surface area contributed by atoms with Crippen molar-refractivity contribution in [3.63, 3.8) is 0 Å². The highest BCUT2D eigenvalue weighted by Gasteiger charge is 2.40. The van der Waals surface area contributed by atoms with Crippen molar-refractivity contribution in [3.05, 3.63) is 29.3 Å². The first-order valence-corrected chi connectivity index (χ1v) is 8.93. The minimum absolute atomic E-state index is 0. The molecule has 2 fully saturated rings. The van der Waals surface area contributed by atoms with E-state index in [9.17, 15) is 4.79 Å². The second kappa shape index (κ2) is 9.79. The average Bonchev–Trinajstić information content (AvgIpc) is 2.99. The molecule has 7 heteroatoms. The van der Waals surface area contributed by atoms with Crippen LogP contribution in [0.25, 0.3) is 0 Å². The Kier molecular flexibility index (Phi) is 8.67. The van der Waals surface area contributed by atoms with E-state index in [4.69, 9.17) is 10.5 Å². The molecule has 1 aromatic rings. The van der Waals surface area contributed by atoms with Crippen molar-refractivity contribution in [3.8, 4) is 5.75 Å². The first-order valence-electron chi connectivity index (χ1n) is 8.93. The maximum atomic E-state index is 12.1. The van der Waals surface area contributed by atoms with E-state index in [0.717, 1.165) is 57.6 Å². The Morgan fingerprint density at radius 1 is 1.38 bits per heavy atom. The molecule has 1 aliphatic heterocycles. The number of nitrogens with one attached hydrogen (secondary N) is 1. The summed E-state index contributed by atoms with van der Waals surface area (Å²) < 4.78 is 5.27. The molecule has 0 radical (unpaired) electrons. The van der Waals surface area contributed by atoms with E-state index in [1.807, 2.05) is 6.07 Å². The molecule has 148 valence electrons. The Balaban J connectivity index is 0.00000169. The number of ether oxygens (including phenoxy) is 1. The highest BCUT2D eigenvalue weighted by Crippen LogP contribution is 2.29. The van der Waals surface area contributed by atoms with Crippen LogP contribution in [0.3, 0.4) is 0 Å². The maximum absolute atomic E-state index is 12.1. The molecule has 1 saturated heterocycles. The van der Waals surface area contributed by atoms with Crippen molar-refractivity contribution in [1.29, 1.82) is 0 Å². The summed E-state index contributed by atoms with van der Waals surface area (Å²) >= 11 is 0. The lowest BCUT2D eigenvalue weighted by Gasteiger charge is -2.36. The van der Waals surface area contributed by atoms with Crippen molar-refractivity contribution in [2.24, 2.45) is 11.7 Å². The molecule has 3 N–H and O–H groups in total. The van der Waals surface area contributed by atoms with E-state index in [1.165, 1.54) is 11.1 Å². The summed E-state index contributed by atoms with van der Waals surface area (Å²) in [5.74, 6) is 1.47. The van der Waals surface area contributed by atoms with Crippen molar-refractivity contribution < 1.29 is 9.53 Å². The largest absolute Gasteiger partial charge is 0.497 e. The summed E-state index contributed by atoms with van der Waals surface area (Å²) in [5.41, 5.74) is 8.09. The predicted octanol–water partition coefficient (Wildman–Crippen LogP) is 2.67. The van der Waals surface area contributed by atoms with E-state index in [1.54, 1.807) is 7.11 Å². The van der Waals surface area contributed by atoms with E-state index in [2.05, 4.69) is 29.3 Å². The fourth-order valence-corrected chi connectivity index (χ4v) is 3.63. The Morgan fingerprint density at radius 2 is 2.12 bits per heavy atom. The molecule has 2 aliphatic rings. The van der Waals surface area contributed by atoms with Crippen LogP contribution in [-0.4, -0.2) is 43.1 Å². The third-order valence-corrected chi connectivity index (χ3v) is 5.56. The number of carbonyl (C=O) groups excluding carboxylic acids is 1. The molecule has 5 nitrogen and oxygen atoms in total. The number of aryl methyl sites for hydroxylation is 1. The van der Waals surface area contributed by atoms with Crippen LogP contribution < -0.4 is 15.8 Å². The van der Waals surface area contributed by atoms with Gasteiger partial charge >= 0.3 is 0 Å². The smallest absolute Gasteiger partial charge is 0.240 e. The van der Waals surface area contributed by atoms with Gasteiger partial charge in [-0.1, -0.05) is 6.07 Å². The average molecular weight is 404 g/mol. The molecule has 0 bridgehead atoms. The number of nitrogens with two attached hydrogens (primary N) is 1. The molecule has 26 heavy (non-hydrogen) atoms. The van der Waals surface area contributed by atoms with Crippen molar-refractivity contribution in [2.45, 2.75) is 44.7 Å². The highest BCUT2D eigenvalue weighted by molar-refractivity contribution is 5.87. The first kappa shape index (κ1) is 23.0. The minimum atomic E-state index is -0.585. The fraction of sp³-hybridized carbons (Fsp3) is 0.632. The number of hydrogen-bond donors (Lipinski definition) is 2. The molecule has 1 aromatic carbocycles. The lowest BCUT2D eigenvalue weighted by molar-refractivity contribution is -0.129. The van der Waals surface area contributed by atoms with Gasteiger partial charge in [0.1, 0.15) is 5.75 Å². The van der Waals surface area contributed by atoms with Crippen LogP contribution in [-0.2, 0) is 11.3 Å². The third kappa shape index (κ3) is 5.26. The molecule has 0 aromatic heterocycles. The van der Waals surface area contributed by atoms with Gasteiger partial charge in [0, 0.05) is 19.6 Å². The zero-order chi connectivity index (χ0) is 17.2. The van der Waals surface area contributed by atoms with Gasteiger partial charge in [-0.05, 0) is 68.3 Å². The highest BCUT2D eigenvalue weighted by atomic mass is 35.5. The van der Waals surface area contributed by atoms with Crippen LogP contribution in [0.4, 0.5) is 0 Å². The minimum Gasteiger partial charge on any atom is -0.497 e. The van der Waals surface area contributed by atoms with Crippen LogP contribution in [0.5, 0.6) is 5.75 Å². The van der Waals surface area contributed by atoms with Crippen LogP contribution in [0.15, 0.2) is 18.2 Å². The molecule has 1 atom stereocenters. The summed E-state index contributed by atoms with van der Waals surface area (Å²) in [6, 6.07) is 6.26. The molecule has 1 saturated carbocycles. The van der Waals surface area contributed by atoms with Crippen LogP contribution in [0.2, 0.25) is 0 Å². The van der Waals surface area contributed by atoms with E-state index in [0.29, 0.717) is 5.92 Å². The molecule has 1 aliphatic carbocycles. The Hall–Kier alpha value is -1.01. The number of carbonyl (C=O) groups is 1. The lowest BCUT2D eigenvalue weighted by Crippen LogP contribution is -2.59. The number of rotatable bonds is 6. The topological polar surface area (TPSA) is 67.6 Å². The van der Waals surface area contributed by atoms with Crippen molar-refractivity contribution in [1.82, 2.24) is 10.2 Å². The molecule has 1 amide bonds. The standard InChI is InChI=1S/C19H29N3O2.2ClH/c1-14-10-17(24-2)5-4-16(14)13-22-9-6-15(12-22)11-21-18(23)19(20)7-3-8-19;;/h4-5,10,15H,3,6-9,11-13,20H2,1-2H3,(H,21,23);2*1H. The quantitative estimate of drug-likeness (QED) is 0.765. The summed E-state index contributed by atoms with van der Waals surface area (Å²) in [5, 5.41) is 3.07. The molecule has 1 heterocycles. The van der Waals surface area contributed by atoms with Crippen molar-refractivity contribution in [2.75, 3.05) is 26.7 Å². The second-order valence-electron chi connectivity index (χ2n) is 7.40. The zero-order valence-corrected chi connectivity index (χ0v) is 17.3. The van der Waals surface area contributed by atoms with Crippen LogP contribution in [0.1, 0.15) is 36.8 Å². The molecule has 3 rings (SSSR count). The lowest BCUT2D eigenvalue weighted by atomic mass is 9.77. The summed E-state index contributed by atoms with van der Waals surface area (Å²) in [6.07, 6.45) is 3.86. The van der Waals surface area contributed by atoms with Gasteiger partial charge in [-0.2, -0.15) is 0 Å². The van der Waals surface area contributed by atoms with Gasteiger partial charge in [0.05, 0.1) is 12.6 Å². The fourth-order valence-electron chi connectivity index (χ4n) is 3.63. The van der Waals surface area contributed by atoms with Crippen LogP contribution >= 0.6 is 24.8 Å². The molecule has 1 unspecified atom stereocenters. The maximum Gasteiger partial charge on any atom is 0.240 e. The second-order valence-corrected chi connectivity index (χ2v) is 7.40. The predicted molar refractivity (Wildman–Crippen MR) is 109 cm³/mol. The molecular weight excluding hydrogens is 373 g/mol. The normalized spacial score (nSPS) is 21.1. The Morgan fingerprint density at radius 3 is 2.69 bits per heavy atom. The van der Waals surface area contributed by atoms with E-state index < -0.39 is 5.54 Å². The molecular formula is C19H31Cl2N3O2. The molecule has 0 spiro atoms. The number of hydrogen-bond acceptors (Lipinski definition) is 4. The summed E-state index contributed by atoms with van der Waals surface area (Å²) in [6.45, 7) is 5.95. The number of likely N-dealkylation sites (tertiary alicyclic amines) is 1. The van der Waals surface area contributed by atoms with E-state index in [-0.39, 0.29) is 30.7 Å². The van der Waals surface area contributed by atoms with Gasteiger partial charge in [-0.3, -0.25) is 9.69 Å². The Labute approximate surface area is 168 Å². The number of methoxy groups -OCH3 is 1. The third-order valence-electron chi connectivity index (χ3n) is 5.56. The van der Waals surface area contributed by atoms with Gasteiger partial charge in [0.25, 0.3) is 0 Å². The van der Waals surface area contributed by atoms with E-state index >= 15 is 0 Å². The van der Waals surface area contributed by atoms with Gasteiger partial charge in [0.2, 0.25) is 5.91 Å². The number of amides is 1.